The summed E-state index contributed by atoms with van der Waals surface area (Å²) in [6.45, 7) is 0.255. The summed E-state index contributed by atoms with van der Waals surface area (Å²) in [7, 11) is 0. The highest BCUT2D eigenvalue weighted by atomic mass is 16.2. The molecule has 0 bridgehead atoms. The number of nitrogens with zero attached hydrogens (tertiary/aromatic N) is 2. The molecule has 2 heterocycles. The second-order valence-electron chi connectivity index (χ2n) is 4.09. The third kappa shape index (κ3) is 1.66. The average Bonchev–Trinajstić information content (AvgIpc) is 2.38. The van der Waals surface area contributed by atoms with E-state index in [2.05, 4.69) is 10.3 Å². The van der Waals surface area contributed by atoms with E-state index in [0.717, 1.165) is 17.1 Å². The molecule has 0 radical (unpaired) electrons. The highest BCUT2D eigenvalue weighted by molar-refractivity contribution is 6.03. The van der Waals surface area contributed by atoms with Gasteiger partial charge in [0.15, 0.2) is 0 Å². The molecular weight excluding hydrogens is 228 g/mol. The van der Waals surface area contributed by atoms with Crippen LogP contribution in [0.1, 0.15) is 0 Å². The number of anilines is 4. The van der Waals surface area contributed by atoms with Gasteiger partial charge in [-0.15, -0.1) is 0 Å². The van der Waals surface area contributed by atoms with Crippen LogP contribution in [-0.4, -0.2) is 17.4 Å². The largest absolute Gasteiger partial charge is 0.396 e. The molecule has 0 spiro atoms. The first kappa shape index (κ1) is 10.6. The molecular formula is C13H12N4O. The van der Waals surface area contributed by atoms with Gasteiger partial charge in [-0.05, 0) is 18.2 Å². The van der Waals surface area contributed by atoms with Gasteiger partial charge in [0.25, 0.3) is 0 Å². The Labute approximate surface area is 104 Å². The maximum atomic E-state index is 11.7. The van der Waals surface area contributed by atoms with Crippen LogP contribution < -0.4 is 16.0 Å². The minimum atomic E-state index is -0.0510. The van der Waals surface area contributed by atoms with Crippen molar-refractivity contribution in [3.05, 3.63) is 42.7 Å². The van der Waals surface area contributed by atoms with Crippen LogP contribution in [0.25, 0.3) is 0 Å². The zero-order valence-electron chi connectivity index (χ0n) is 9.63. The van der Waals surface area contributed by atoms with Gasteiger partial charge in [-0.3, -0.25) is 9.78 Å². The number of fused-ring (bicyclic) bond motifs is 1. The van der Waals surface area contributed by atoms with Crippen molar-refractivity contribution >= 4 is 28.7 Å². The van der Waals surface area contributed by atoms with Crippen LogP contribution >= 0.6 is 0 Å². The summed E-state index contributed by atoms with van der Waals surface area (Å²) in [5, 5.41) is 2.84. The Bertz CT molecular complexity index is 611. The summed E-state index contributed by atoms with van der Waals surface area (Å²) in [4.78, 5) is 17.6. The van der Waals surface area contributed by atoms with E-state index in [0.29, 0.717) is 5.69 Å². The molecule has 3 rings (SSSR count). The lowest BCUT2D eigenvalue weighted by molar-refractivity contribution is -0.115. The highest BCUT2D eigenvalue weighted by Gasteiger charge is 2.23. The van der Waals surface area contributed by atoms with E-state index in [-0.39, 0.29) is 12.5 Å². The number of carbonyl (C=O) groups excluding carboxylic acids is 1. The Morgan fingerprint density at radius 1 is 1.22 bits per heavy atom. The molecule has 0 atom stereocenters. The zero-order valence-corrected chi connectivity index (χ0v) is 9.63. The molecule has 1 aromatic carbocycles. The van der Waals surface area contributed by atoms with Crippen molar-refractivity contribution in [2.24, 2.45) is 0 Å². The molecule has 5 heteroatoms. The van der Waals surface area contributed by atoms with Crippen molar-refractivity contribution in [1.82, 2.24) is 4.98 Å². The Kier molecular flexibility index (Phi) is 2.37. The second-order valence-corrected chi connectivity index (χ2v) is 4.09. The molecule has 0 fully saturated rings. The van der Waals surface area contributed by atoms with Crippen LogP contribution in [0.3, 0.4) is 0 Å². The third-order valence-electron chi connectivity index (χ3n) is 2.89. The van der Waals surface area contributed by atoms with Crippen molar-refractivity contribution in [3.8, 4) is 0 Å². The van der Waals surface area contributed by atoms with Gasteiger partial charge in [0.2, 0.25) is 5.91 Å². The Morgan fingerprint density at radius 3 is 2.89 bits per heavy atom. The predicted molar refractivity (Wildman–Crippen MR) is 70.7 cm³/mol. The standard InChI is InChI=1S/C13H12N4O/c14-9-7-15-6-5-11(9)17-8-13(18)16-10-3-1-2-4-12(10)17/h1-7H,8,14H2,(H,16,18). The van der Waals surface area contributed by atoms with E-state index in [1.165, 1.54) is 0 Å². The van der Waals surface area contributed by atoms with Crippen LogP contribution in [0, 0.1) is 0 Å². The predicted octanol–water partition coefficient (Wildman–Crippen LogP) is 1.75. The van der Waals surface area contributed by atoms with E-state index in [9.17, 15) is 4.79 Å². The Balaban J connectivity index is 2.13. The molecule has 1 aliphatic rings. The first-order valence-electron chi connectivity index (χ1n) is 5.61. The van der Waals surface area contributed by atoms with Crippen molar-refractivity contribution in [3.63, 3.8) is 0 Å². The van der Waals surface area contributed by atoms with Gasteiger partial charge in [0.1, 0.15) is 6.54 Å². The lowest BCUT2D eigenvalue weighted by atomic mass is 10.1. The number of nitrogen functional groups attached to an aromatic ring is 1. The maximum Gasteiger partial charge on any atom is 0.244 e. The minimum Gasteiger partial charge on any atom is -0.396 e. The molecule has 2 aromatic rings. The van der Waals surface area contributed by atoms with Gasteiger partial charge in [0, 0.05) is 6.20 Å². The normalized spacial score (nSPS) is 14.0. The van der Waals surface area contributed by atoms with Crippen molar-refractivity contribution in [1.29, 1.82) is 0 Å². The number of aromatic nitrogens is 1. The van der Waals surface area contributed by atoms with Crippen LogP contribution in [0.15, 0.2) is 42.7 Å². The number of nitrogens with two attached hydrogens (primary N) is 1. The molecule has 3 N–H and O–H groups in total. The first-order chi connectivity index (χ1) is 8.75. The summed E-state index contributed by atoms with van der Waals surface area (Å²) in [5.41, 5.74) is 9.01. The van der Waals surface area contributed by atoms with Crippen molar-refractivity contribution < 1.29 is 4.79 Å². The van der Waals surface area contributed by atoms with Gasteiger partial charge < -0.3 is 16.0 Å². The van der Waals surface area contributed by atoms with E-state index in [4.69, 9.17) is 5.73 Å². The second kappa shape index (κ2) is 4.03. The molecule has 18 heavy (non-hydrogen) atoms. The number of hydrogen-bond donors (Lipinski definition) is 2. The maximum absolute atomic E-state index is 11.7. The Morgan fingerprint density at radius 2 is 2.06 bits per heavy atom. The number of hydrogen-bond acceptors (Lipinski definition) is 4. The fraction of sp³-hybridized carbons (Fsp3) is 0.0769. The van der Waals surface area contributed by atoms with E-state index in [1.807, 2.05) is 35.2 Å². The number of pyridine rings is 1. The number of benzene rings is 1. The monoisotopic (exact) mass is 240 g/mol. The van der Waals surface area contributed by atoms with Crippen LogP contribution in [0.5, 0.6) is 0 Å². The van der Waals surface area contributed by atoms with Gasteiger partial charge >= 0.3 is 0 Å². The smallest absolute Gasteiger partial charge is 0.244 e. The molecule has 1 aliphatic heterocycles. The minimum absolute atomic E-state index is 0.0510. The molecule has 1 aromatic heterocycles. The van der Waals surface area contributed by atoms with Gasteiger partial charge in [-0.25, -0.2) is 0 Å². The zero-order chi connectivity index (χ0) is 12.5. The fourth-order valence-electron chi connectivity index (χ4n) is 2.09. The summed E-state index contributed by atoms with van der Waals surface area (Å²) < 4.78 is 0. The van der Waals surface area contributed by atoms with E-state index >= 15 is 0 Å². The topological polar surface area (TPSA) is 71.2 Å². The summed E-state index contributed by atoms with van der Waals surface area (Å²) >= 11 is 0. The SMILES string of the molecule is Nc1cnccc1N1CC(=O)Nc2ccccc21. The van der Waals surface area contributed by atoms with Gasteiger partial charge in [0.05, 0.1) is 28.9 Å². The first-order valence-corrected chi connectivity index (χ1v) is 5.61. The molecule has 5 nitrogen and oxygen atoms in total. The lowest BCUT2D eigenvalue weighted by Gasteiger charge is -2.31. The van der Waals surface area contributed by atoms with Crippen molar-refractivity contribution in [2.75, 3.05) is 22.5 Å². The van der Waals surface area contributed by atoms with Crippen LogP contribution in [0.2, 0.25) is 0 Å². The van der Waals surface area contributed by atoms with E-state index in [1.54, 1.807) is 12.4 Å². The lowest BCUT2D eigenvalue weighted by Crippen LogP contribution is -2.35. The molecule has 90 valence electrons. The molecule has 0 saturated heterocycles. The van der Waals surface area contributed by atoms with Crippen LogP contribution in [0.4, 0.5) is 22.7 Å². The third-order valence-corrected chi connectivity index (χ3v) is 2.89. The van der Waals surface area contributed by atoms with Gasteiger partial charge in [-0.2, -0.15) is 0 Å². The summed E-state index contributed by atoms with van der Waals surface area (Å²) in [6.07, 6.45) is 3.26. The number of rotatable bonds is 1. The van der Waals surface area contributed by atoms with Gasteiger partial charge in [-0.1, -0.05) is 12.1 Å². The highest BCUT2D eigenvalue weighted by Crippen LogP contribution is 2.36. The number of carbonyl (C=O) groups is 1. The Hall–Kier alpha value is -2.56. The average molecular weight is 240 g/mol. The number of amides is 1. The molecule has 0 aliphatic carbocycles. The fourth-order valence-corrected chi connectivity index (χ4v) is 2.09. The summed E-state index contributed by atoms with van der Waals surface area (Å²) in [5.74, 6) is -0.0510. The van der Waals surface area contributed by atoms with Crippen molar-refractivity contribution in [2.45, 2.75) is 0 Å². The molecule has 0 saturated carbocycles. The van der Waals surface area contributed by atoms with Crippen LogP contribution in [-0.2, 0) is 4.79 Å². The molecule has 0 unspecified atom stereocenters. The number of para-hydroxylation sites is 2. The quantitative estimate of drug-likeness (QED) is 0.796. The molecule has 1 amide bonds. The summed E-state index contributed by atoms with van der Waals surface area (Å²) in [6, 6.07) is 9.45. The number of nitrogens with one attached hydrogen (secondary N) is 1. The van der Waals surface area contributed by atoms with E-state index < -0.39 is 0 Å².